The van der Waals surface area contributed by atoms with Crippen LogP contribution < -0.4 is 5.32 Å². The Morgan fingerprint density at radius 1 is 1.03 bits per heavy atom. The second-order valence-electron chi connectivity index (χ2n) is 7.47. The number of pyridine rings is 1. The lowest BCUT2D eigenvalue weighted by Crippen LogP contribution is -2.18. The molecule has 0 radical (unpaired) electrons. The third kappa shape index (κ3) is 4.79. The van der Waals surface area contributed by atoms with Crippen LogP contribution in [-0.2, 0) is 18.6 Å². The summed E-state index contributed by atoms with van der Waals surface area (Å²) >= 11 is 0. The highest BCUT2D eigenvalue weighted by molar-refractivity contribution is 5.88. The van der Waals surface area contributed by atoms with E-state index in [-0.39, 0.29) is 23.3 Å². The molecule has 1 aromatic heterocycles. The number of aliphatic hydroxyl groups excluding tert-OH is 1. The molecule has 166 valence electrons. The van der Waals surface area contributed by atoms with Crippen LogP contribution in [0.15, 0.2) is 48.7 Å². The van der Waals surface area contributed by atoms with E-state index >= 15 is 0 Å². The number of hydrogen-bond donors (Lipinski definition) is 2. The minimum absolute atomic E-state index is 0.0106. The third-order valence-corrected chi connectivity index (χ3v) is 5.28. The summed E-state index contributed by atoms with van der Waals surface area (Å²) in [6, 6.07) is 10.7. The molecule has 0 unspecified atom stereocenters. The first-order chi connectivity index (χ1) is 14.7. The standard InChI is InChI=1S/C22H19F5N2.CH4O/c1-13-10-14(6-9-18(13)21(23,24)16-7-8-16)11-28-20-19(22(25,26)27)17-5-3-2-4-15(17)12-29-20;1-2/h2-6,9-10,12,16H,7-8,11H2,1H3,(H,28,29);2H,1H3. The molecule has 3 aromatic rings. The van der Waals surface area contributed by atoms with Gasteiger partial charge in [0.25, 0.3) is 5.92 Å². The van der Waals surface area contributed by atoms with E-state index in [9.17, 15) is 22.0 Å². The molecule has 0 atom stereocenters. The number of aryl methyl sites for hydroxylation is 1. The first-order valence-electron chi connectivity index (χ1n) is 9.79. The van der Waals surface area contributed by atoms with Crippen LogP contribution in [0.2, 0.25) is 0 Å². The number of halogens is 5. The maximum atomic E-state index is 14.4. The number of benzene rings is 2. The van der Waals surface area contributed by atoms with Crippen LogP contribution in [0.25, 0.3) is 10.8 Å². The zero-order valence-electron chi connectivity index (χ0n) is 17.1. The third-order valence-electron chi connectivity index (χ3n) is 5.28. The van der Waals surface area contributed by atoms with Crippen LogP contribution in [0.4, 0.5) is 27.8 Å². The van der Waals surface area contributed by atoms with Crippen molar-refractivity contribution in [3.63, 3.8) is 0 Å². The summed E-state index contributed by atoms with van der Waals surface area (Å²) in [5.41, 5.74) is 0.206. The van der Waals surface area contributed by atoms with E-state index in [1.807, 2.05) is 0 Å². The average molecular weight is 438 g/mol. The minimum atomic E-state index is -4.58. The fourth-order valence-corrected chi connectivity index (χ4v) is 3.65. The molecule has 8 heteroatoms. The van der Waals surface area contributed by atoms with Crippen LogP contribution >= 0.6 is 0 Å². The lowest BCUT2D eigenvalue weighted by molar-refractivity contribution is -0.135. The molecule has 0 saturated heterocycles. The van der Waals surface area contributed by atoms with Gasteiger partial charge in [0.15, 0.2) is 0 Å². The van der Waals surface area contributed by atoms with Crippen molar-refractivity contribution in [2.24, 2.45) is 5.92 Å². The molecule has 2 N–H and O–H groups in total. The number of nitrogens with one attached hydrogen (secondary N) is 1. The Hall–Kier alpha value is -2.74. The number of fused-ring (bicyclic) bond motifs is 1. The van der Waals surface area contributed by atoms with Crippen LogP contribution in [0, 0.1) is 12.8 Å². The summed E-state index contributed by atoms with van der Waals surface area (Å²) in [6.45, 7) is 1.65. The fraction of sp³-hybridized carbons (Fsp3) is 0.348. The van der Waals surface area contributed by atoms with E-state index in [1.165, 1.54) is 24.4 Å². The van der Waals surface area contributed by atoms with Crippen molar-refractivity contribution in [2.45, 2.75) is 38.4 Å². The van der Waals surface area contributed by atoms with Crippen LogP contribution in [0.1, 0.15) is 35.1 Å². The summed E-state index contributed by atoms with van der Waals surface area (Å²) in [4.78, 5) is 3.95. The molecular formula is C23H23F5N2O. The predicted molar refractivity (Wildman–Crippen MR) is 110 cm³/mol. The Balaban J connectivity index is 0.00000132. The molecule has 0 bridgehead atoms. The highest BCUT2D eigenvalue weighted by atomic mass is 19.4. The molecule has 1 aliphatic rings. The van der Waals surface area contributed by atoms with E-state index < -0.39 is 23.6 Å². The lowest BCUT2D eigenvalue weighted by Gasteiger charge is -2.20. The second-order valence-corrected chi connectivity index (χ2v) is 7.47. The summed E-state index contributed by atoms with van der Waals surface area (Å²) in [6.07, 6.45) is -2.16. The average Bonchev–Trinajstić information content (AvgIpc) is 3.58. The monoisotopic (exact) mass is 438 g/mol. The van der Waals surface area contributed by atoms with E-state index in [1.54, 1.807) is 31.2 Å². The van der Waals surface area contributed by atoms with Gasteiger partial charge in [-0.2, -0.15) is 13.2 Å². The van der Waals surface area contributed by atoms with Crippen LogP contribution in [0.5, 0.6) is 0 Å². The van der Waals surface area contributed by atoms with Crippen molar-refractivity contribution in [1.29, 1.82) is 0 Å². The van der Waals surface area contributed by atoms with Gasteiger partial charge in [0.05, 0.1) is 0 Å². The number of alkyl halides is 5. The van der Waals surface area contributed by atoms with Gasteiger partial charge in [-0.1, -0.05) is 42.5 Å². The van der Waals surface area contributed by atoms with Crippen molar-refractivity contribution < 1.29 is 27.1 Å². The van der Waals surface area contributed by atoms with Gasteiger partial charge in [-0.3, -0.25) is 0 Å². The van der Waals surface area contributed by atoms with Crippen molar-refractivity contribution in [2.75, 3.05) is 12.4 Å². The number of nitrogens with zero attached hydrogens (tertiary/aromatic N) is 1. The molecule has 4 rings (SSSR count). The maximum absolute atomic E-state index is 14.4. The van der Waals surface area contributed by atoms with E-state index in [4.69, 9.17) is 5.11 Å². The normalized spacial score (nSPS) is 14.2. The van der Waals surface area contributed by atoms with E-state index in [0.717, 1.165) is 7.11 Å². The first kappa shape index (κ1) is 22.9. The Morgan fingerprint density at radius 2 is 1.71 bits per heavy atom. The molecule has 1 saturated carbocycles. The van der Waals surface area contributed by atoms with Gasteiger partial charge in [0.1, 0.15) is 11.4 Å². The Labute approximate surface area is 176 Å². The number of anilines is 1. The van der Waals surface area contributed by atoms with Gasteiger partial charge in [-0.25, -0.2) is 13.8 Å². The van der Waals surface area contributed by atoms with E-state index in [2.05, 4.69) is 10.3 Å². The summed E-state index contributed by atoms with van der Waals surface area (Å²) in [5.74, 6) is -3.75. The molecule has 1 aliphatic carbocycles. The summed E-state index contributed by atoms with van der Waals surface area (Å²) < 4.78 is 69.7. The quantitative estimate of drug-likeness (QED) is 0.461. The van der Waals surface area contributed by atoms with Crippen LogP contribution in [-0.4, -0.2) is 17.2 Å². The van der Waals surface area contributed by atoms with Crippen molar-refractivity contribution in [3.8, 4) is 0 Å². The second kappa shape index (κ2) is 8.78. The van der Waals surface area contributed by atoms with Gasteiger partial charge >= 0.3 is 6.18 Å². The van der Waals surface area contributed by atoms with Crippen molar-refractivity contribution in [3.05, 3.63) is 70.9 Å². The summed E-state index contributed by atoms with van der Waals surface area (Å²) in [7, 11) is 1.00. The van der Waals surface area contributed by atoms with Crippen LogP contribution in [0.3, 0.4) is 0 Å². The highest BCUT2D eigenvalue weighted by Crippen LogP contribution is 2.50. The zero-order valence-corrected chi connectivity index (χ0v) is 17.1. The van der Waals surface area contributed by atoms with Gasteiger partial charge in [0, 0.05) is 36.7 Å². The van der Waals surface area contributed by atoms with Crippen molar-refractivity contribution in [1.82, 2.24) is 4.98 Å². The maximum Gasteiger partial charge on any atom is 0.420 e. The minimum Gasteiger partial charge on any atom is -0.400 e. The molecule has 2 aromatic carbocycles. The predicted octanol–water partition coefficient (Wildman–Crippen LogP) is 6.28. The highest BCUT2D eigenvalue weighted by Gasteiger charge is 2.48. The van der Waals surface area contributed by atoms with Crippen molar-refractivity contribution >= 4 is 16.6 Å². The first-order valence-corrected chi connectivity index (χ1v) is 9.79. The topological polar surface area (TPSA) is 45.1 Å². The largest absolute Gasteiger partial charge is 0.420 e. The molecule has 31 heavy (non-hydrogen) atoms. The zero-order chi connectivity index (χ0) is 22.8. The number of hydrogen-bond acceptors (Lipinski definition) is 3. The molecule has 0 spiro atoms. The molecule has 0 amide bonds. The summed E-state index contributed by atoms with van der Waals surface area (Å²) in [5, 5.41) is 10.2. The van der Waals surface area contributed by atoms with Gasteiger partial charge in [0.2, 0.25) is 0 Å². The SMILES string of the molecule is CO.Cc1cc(CNc2ncc3ccccc3c2C(F)(F)F)ccc1C(F)(F)C1CC1. The smallest absolute Gasteiger partial charge is 0.400 e. The van der Waals surface area contributed by atoms with Gasteiger partial charge in [-0.15, -0.1) is 0 Å². The fourth-order valence-electron chi connectivity index (χ4n) is 3.65. The Bertz CT molecular complexity index is 1060. The number of rotatable bonds is 5. The van der Waals surface area contributed by atoms with Gasteiger partial charge in [-0.05, 0) is 36.3 Å². The molecule has 3 nitrogen and oxygen atoms in total. The molecule has 1 fully saturated rings. The number of aliphatic hydroxyl groups is 1. The Kier molecular flexibility index (Phi) is 6.50. The Morgan fingerprint density at radius 3 is 2.32 bits per heavy atom. The van der Waals surface area contributed by atoms with E-state index in [0.29, 0.717) is 29.4 Å². The molecule has 1 heterocycles. The van der Waals surface area contributed by atoms with Gasteiger partial charge < -0.3 is 10.4 Å². The lowest BCUT2D eigenvalue weighted by atomic mass is 9.97. The molecular weight excluding hydrogens is 415 g/mol. The number of aromatic nitrogens is 1. The molecule has 0 aliphatic heterocycles.